The molecule has 0 radical (unpaired) electrons. The Morgan fingerprint density at radius 3 is 2.71 bits per heavy atom. The second-order valence-corrected chi connectivity index (χ2v) is 7.77. The maximum Gasteiger partial charge on any atom is 0.226 e. The van der Waals surface area contributed by atoms with Gasteiger partial charge in [0.05, 0.1) is 18.2 Å². The van der Waals surface area contributed by atoms with Gasteiger partial charge in [-0.25, -0.2) is 9.97 Å². The van der Waals surface area contributed by atoms with E-state index in [-0.39, 0.29) is 18.4 Å². The molecule has 0 aliphatic carbocycles. The van der Waals surface area contributed by atoms with Crippen LogP contribution in [-0.4, -0.2) is 39.9 Å². The summed E-state index contributed by atoms with van der Waals surface area (Å²) in [6, 6.07) is 15.4. The van der Waals surface area contributed by atoms with E-state index in [1.54, 1.807) is 6.20 Å². The zero-order valence-corrected chi connectivity index (χ0v) is 18.0. The van der Waals surface area contributed by atoms with E-state index in [0.717, 1.165) is 33.7 Å². The summed E-state index contributed by atoms with van der Waals surface area (Å²) in [5, 5.41) is 4.32. The third-order valence-corrected chi connectivity index (χ3v) is 5.16. The highest BCUT2D eigenvalue weighted by atomic mass is 16.1. The molecule has 4 rings (SSSR count). The van der Waals surface area contributed by atoms with Crippen molar-refractivity contribution in [3.63, 3.8) is 0 Å². The Balaban J connectivity index is 1.65. The molecule has 0 aliphatic heterocycles. The number of aromatic nitrogens is 4. The van der Waals surface area contributed by atoms with Crippen molar-refractivity contribution in [3.8, 4) is 0 Å². The molecule has 3 aromatic heterocycles. The van der Waals surface area contributed by atoms with Gasteiger partial charge in [0.1, 0.15) is 11.6 Å². The van der Waals surface area contributed by atoms with E-state index in [9.17, 15) is 4.79 Å². The number of carbonyl (C=O) groups is 1. The van der Waals surface area contributed by atoms with Gasteiger partial charge in [-0.3, -0.25) is 9.78 Å². The molecule has 7 heteroatoms. The van der Waals surface area contributed by atoms with Gasteiger partial charge in [0.15, 0.2) is 0 Å². The number of aryl methyl sites for hydroxylation is 1. The van der Waals surface area contributed by atoms with Crippen LogP contribution < -0.4 is 10.2 Å². The van der Waals surface area contributed by atoms with Crippen LogP contribution in [0.15, 0.2) is 60.9 Å². The molecule has 0 saturated carbocycles. The lowest BCUT2D eigenvalue weighted by Gasteiger charge is -2.21. The normalized spacial score (nSPS) is 12.0. The molecule has 4 aromatic rings. The van der Waals surface area contributed by atoms with Gasteiger partial charge in [0.2, 0.25) is 5.91 Å². The van der Waals surface area contributed by atoms with Crippen LogP contribution in [0.1, 0.15) is 28.8 Å². The Morgan fingerprint density at radius 1 is 1.13 bits per heavy atom. The summed E-state index contributed by atoms with van der Waals surface area (Å²) in [5.41, 5.74) is 3.72. The highest BCUT2D eigenvalue weighted by molar-refractivity contribution is 5.83. The zero-order valence-electron chi connectivity index (χ0n) is 18.0. The molecule has 0 aliphatic rings. The average molecular weight is 415 g/mol. The number of anilines is 1. The van der Waals surface area contributed by atoms with Crippen LogP contribution in [0.5, 0.6) is 0 Å². The summed E-state index contributed by atoms with van der Waals surface area (Å²) < 4.78 is 0. The number of carbonyl (C=O) groups excluding carboxylic acids is 1. The third kappa shape index (κ3) is 4.88. The standard InChI is InChI=1S/C24H26N6O/c1-16-27-22(14-23(28-16)30(2)3)21(29-24(31)13-18-8-6-7-11-25-18)12-17-15-26-20-10-5-4-9-19(17)20/h4-11,14-15,21,26H,12-13H2,1-3H3,(H,29,31). The quantitative estimate of drug-likeness (QED) is 0.484. The summed E-state index contributed by atoms with van der Waals surface area (Å²) in [7, 11) is 3.89. The predicted molar refractivity (Wildman–Crippen MR) is 122 cm³/mol. The van der Waals surface area contributed by atoms with Crippen LogP contribution in [0.4, 0.5) is 5.82 Å². The van der Waals surface area contributed by atoms with Gasteiger partial charge in [-0.05, 0) is 30.7 Å². The molecule has 1 aromatic carbocycles. The first-order valence-corrected chi connectivity index (χ1v) is 10.3. The lowest BCUT2D eigenvalue weighted by molar-refractivity contribution is -0.121. The van der Waals surface area contributed by atoms with Crippen LogP contribution in [0.3, 0.4) is 0 Å². The highest BCUT2D eigenvalue weighted by Crippen LogP contribution is 2.25. The molecule has 0 spiro atoms. The molecule has 7 nitrogen and oxygen atoms in total. The molecule has 1 atom stereocenters. The van der Waals surface area contributed by atoms with Gasteiger partial charge in [-0.2, -0.15) is 0 Å². The minimum atomic E-state index is -0.296. The topological polar surface area (TPSA) is 86.8 Å². The first-order valence-electron chi connectivity index (χ1n) is 10.3. The SMILES string of the molecule is Cc1nc(C(Cc2c[nH]c3ccccc23)NC(=O)Cc2ccccn2)cc(N(C)C)n1. The molecule has 1 amide bonds. The minimum Gasteiger partial charge on any atom is -0.363 e. The third-order valence-electron chi connectivity index (χ3n) is 5.16. The summed E-state index contributed by atoms with van der Waals surface area (Å²) >= 11 is 0. The fraction of sp³-hybridized carbons (Fsp3) is 0.250. The van der Waals surface area contributed by atoms with Gasteiger partial charge in [0.25, 0.3) is 0 Å². The van der Waals surface area contributed by atoms with Crippen molar-refractivity contribution in [2.75, 3.05) is 19.0 Å². The number of H-pyrrole nitrogens is 1. The predicted octanol–water partition coefficient (Wildman–Crippen LogP) is 3.37. The minimum absolute atomic E-state index is 0.0915. The average Bonchev–Trinajstić information content (AvgIpc) is 3.16. The number of para-hydroxylation sites is 1. The van der Waals surface area contributed by atoms with Crippen LogP contribution in [0, 0.1) is 6.92 Å². The lowest BCUT2D eigenvalue weighted by Crippen LogP contribution is -2.32. The molecule has 31 heavy (non-hydrogen) atoms. The molecule has 0 saturated heterocycles. The van der Waals surface area contributed by atoms with Crippen molar-refractivity contribution in [3.05, 3.63) is 83.7 Å². The van der Waals surface area contributed by atoms with Gasteiger partial charge >= 0.3 is 0 Å². The Bertz CT molecular complexity index is 1190. The van der Waals surface area contributed by atoms with E-state index in [0.29, 0.717) is 12.2 Å². The first kappa shape index (κ1) is 20.5. The van der Waals surface area contributed by atoms with Crippen LogP contribution in [0.25, 0.3) is 10.9 Å². The number of rotatable bonds is 7. The molecular weight excluding hydrogens is 388 g/mol. The van der Waals surface area contributed by atoms with E-state index < -0.39 is 0 Å². The van der Waals surface area contributed by atoms with Gasteiger partial charge < -0.3 is 15.2 Å². The molecule has 158 valence electrons. The van der Waals surface area contributed by atoms with Crippen LogP contribution in [0.2, 0.25) is 0 Å². The number of fused-ring (bicyclic) bond motifs is 1. The van der Waals surface area contributed by atoms with Crippen molar-refractivity contribution < 1.29 is 4.79 Å². The zero-order chi connectivity index (χ0) is 21.8. The number of benzene rings is 1. The van der Waals surface area contributed by atoms with E-state index in [1.807, 2.05) is 74.6 Å². The van der Waals surface area contributed by atoms with Crippen molar-refractivity contribution in [2.24, 2.45) is 0 Å². The number of hydrogen-bond acceptors (Lipinski definition) is 5. The van der Waals surface area contributed by atoms with Crippen molar-refractivity contribution in [1.82, 2.24) is 25.3 Å². The van der Waals surface area contributed by atoms with Crippen molar-refractivity contribution >= 4 is 22.6 Å². The lowest BCUT2D eigenvalue weighted by atomic mass is 10.0. The largest absolute Gasteiger partial charge is 0.363 e. The smallest absolute Gasteiger partial charge is 0.226 e. The summed E-state index contributed by atoms with van der Waals surface area (Å²) in [6.07, 6.45) is 4.53. The van der Waals surface area contributed by atoms with E-state index >= 15 is 0 Å². The molecular formula is C24H26N6O. The number of amides is 1. The molecule has 3 heterocycles. The van der Waals surface area contributed by atoms with E-state index in [1.165, 1.54) is 0 Å². The number of aromatic amines is 1. The van der Waals surface area contributed by atoms with E-state index in [2.05, 4.69) is 31.3 Å². The Kier molecular flexibility index (Phi) is 5.93. The first-order chi connectivity index (χ1) is 15.0. The molecule has 0 bridgehead atoms. The van der Waals surface area contributed by atoms with Crippen LogP contribution >= 0.6 is 0 Å². The summed E-state index contributed by atoms with van der Waals surface area (Å²) in [6.45, 7) is 1.87. The molecule has 1 unspecified atom stereocenters. The monoisotopic (exact) mass is 414 g/mol. The Hall–Kier alpha value is -3.74. The maximum atomic E-state index is 12.9. The number of pyridine rings is 1. The molecule has 0 fully saturated rings. The van der Waals surface area contributed by atoms with Gasteiger partial charge in [0, 0.05) is 55.6 Å². The number of hydrogen-bond donors (Lipinski definition) is 2. The maximum absolute atomic E-state index is 12.9. The fourth-order valence-corrected chi connectivity index (χ4v) is 3.64. The second-order valence-electron chi connectivity index (χ2n) is 7.77. The number of nitrogens with one attached hydrogen (secondary N) is 2. The second kappa shape index (κ2) is 8.95. The van der Waals surface area contributed by atoms with Crippen molar-refractivity contribution in [2.45, 2.75) is 25.8 Å². The van der Waals surface area contributed by atoms with Gasteiger partial charge in [-0.15, -0.1) is 0 Å². The fourth-order valence-electron chi connectivity index (χ4n) is 3.64. The Labute approximate surface area is 181 Å². The molecule has 2 N–H and O–H groups in total. The van der Waals surface area contributed by atoms with E-state index in [4.69, 9.17) is 0 Å². The highest BCUT2D eigenvalue weighted by Gasteiger charge is 2.21. The Morgan fingerprint density at radius 2 is 1.94 bits per heavy atom. The van der Waals surface area contributed by atoms with Crippen molar-refractivity contribution in [1.29, 1.82) is 0 Å². The number of nitrogens with zero attached hydrogens (tertiary/aromatic N) is 4. The van der Waals surface area contributed by atoms with Gasteiger partial charge in [-0.1, -0.05) is 24.3 Å². The summed E-state index contributed by atoms with van der Waals surface area (Å²) in [4.78, 5) is 31.6. The van der Waals surface area contributed by atoms with Crippen LogP contribution in [-0.2, 0) is 17.6 Å². The summed E-state index contributed by atoms with van der Waals surface area (Å²) in [5.74, 6) is 1.39.